The Morgan fingerprint density at radius 3 is 2.70 bits per heavy atom. The van der Waals surface area contributed by atoms with Gasteiger partial charge in [0.05, 0.1) is 11.5 Å². The third kappa shape index (κ3) is 3.86. The molecule has 6 nitrogen and oxygen atoms in total. The predicted molar refractivity (Wildman–Crippen MR) is 75.3 cm³/mol. The lowest BCUT2D eigenvalue weighted by atomic mass is 10.2. The number of carbonyl (C=O) groups excluding carboxylic acids is 1. The number of carbonyl (C=O) groups is 1. The summed E-state index contributed by atoms with van der Waals surface area (Å²) in [4.78, 5) is 13.3. The van der Waals surface area contributed by atoms with Crippen LogP contribution in [0, 0.1) is 0 Å². The second-order valence-electron chi connectivity index (χ2n) is 4.75. The van der Waals surface area contributed by atoms with Crippen LogP contribution in [0.4, 0.5) is 4.79 Å². The van der Waals surface area contributed by atoms with Gasteiger partial charge in [-0.25, -0.2) is 13.2 Å². The van der Waals surface area contributed by atoms with E-state index in [4.69, 9.17) is 4.74 Å². The maximum Gasteiger partial charge on any atom is 0.320 e. The van der Waals surface area contributed by atoms with Gasteiger partial charge in [-0.2, -0.15) is 0 Å². The Bertz CT molecular complexity index is 559. The van der Waals surface area contributed by atoms with Gasteiger partial charge in [0.1, 0.15) is 5.75 Å². The number of hydrogen-bond donors (Lipinski definition) is 1. The standard InChI is InChI=1S/C13H18N2O4S/c1-15(11-7-8-20(17,18)9-11)13(16)14-10-19-12-5-3-2-4-6-12/h2-6,11H,7-10H2,1H3,(H,14,16). The molecule has 0 spiro atoms. The molecule has 110 valence electrons. The predicted octanol–water partition coefficient (Wildman–Crippen LogP) is 0.851. The van der Waals surface area contributed by atoms with Gasteiger partial charge in [-0.1, -0.05) is 18.2 Å². The summed E-state index contributed by atoms with van der Waals surface area (Å²) < 4.78 is 28.1. The Morgan fingerprint density at radius 1 is 1.40 bits per heavy atom. The van der Waals surface area contributed by atoms with Crippen molar-refractivity contribution < 1.29 is 17.9 Å². The molecule has 1 heterocycles. The van der Waals surface area contributed by atoms with E-state index in [0.717, 1.165) is 0 Å². The zero-order valence-corrected chi connectivity index (χ0v) is 12.1. The molecule has 1 aliphatic heterocycles. The largest absolute Gasteiger partial charge is 0.473 e. The van der Waals surface area contributed by atoms with Crippen LogP contribution in [0.1, 0.15) is 6.42 Å². The summed E-state index contributed by atoms with van der Waals surface area (Å²) in [5, 5.41) is 2.61. The Morgan fingerprint density at radius 2 is 2.10 bits per heavy atom. The lowest BCUT2D eigenvalue weighted by Gasteiger charge is -2.23. The summed E-state index contributed by atoms with van der Waals surface area (Å²) in [6.07, 6.45) is 0.492. The topological polar surface area (TPSA) is 75.7 Å². The van der Waals surface area contributed by atoms with E-state index in [-0.39, 0.29) is 30.3 Å². The van der Waals surface area contributed by atoms with Crippen molar-refractivity contribution in [2.45, 2.75) is 12.5 Å². The summed E-state index contributed by atoms with van der Waals surface area (Å²) in [6, 6.07) is 8.55. The van der Waals surface area contributed by atoms with Crippen molar-refractivity contribution in [3.05, 3.63) is 30.3 Å². The molecule has 1 N–H and O–H groups in total. The van der Waals surface area contributed by atoms with E-state index >= 15 is 0 Å². The molecule has 1 unspecified atom stereocenters. The van der Waals surface area contributed by atoms with E-state index in [9.17, 15) is 13.2 Å². The second kappa shape index (κ2) is 6.13. The highest BCUT2D eigenvalue weighted by molar-refractivity contribution is 7.91. The van der Waals surface area contributed by atoms with Crippen LogP contribution in [0.5, 0.6) is 5.75 Å². The molecule has 7 heteroatoms. The Balaban J connectivity index is 1.77. The van der Waals surface area contributed by atoms with E-state index in [1.807, 2.05) is 18.2 Å². The van der Waals surface area contributed by atoms with Crippen LogP contribution in [-0.2, 0) is 9.84 Å². The molecule has 2 rings (SSSR count). The molecule has 0 bridgehead atoms. The molecule has 2 amide bonds. The van der Waals surface area contributed by atoms with Crippen molar-refractivity contribution in [3.63, 3.8) is 0 Å². The third-order valence-electron chi connectivity index (χ3n) is 3.28. The summed E-state index contributed by atoms with van der Waals surface area (Å²) >= 11 is 0. The smallest absolute Gasteiger partial charge is 0.320 e. The van der Waals surface area contributed by atoms with Crippen LogP contribution in [0.3, 0.4) is 0 Å². The zero-order chi connectivity index (χ0) is 14.6. The van der Waals surface area contributed by atoms with Crippen molar-refractivity contribution in [3.8, 4) is 5.75 Å². The first-order valence-electron chi connectivity index (χ1n) is 6.37. The quantitative estimate of drug-likeness (QED) is 0.836. The minimum atomic E-state index is -2.99. The van der Waals surface area contributed by atoms with E-state index in [1.165, 1.54) is 4.90 Å². The average Bonchev–Trinajstić information content (AvgIpc) is 2.79. The first kappa shape index (κ1) is 14.6. The number of nitrogens with zero attached hydrogens (tertiary/aromatic N) is 1. The van der Waals surface area contributed by atoms with Gasteiger partial charge < -0.3 is 15.0 Å². The second-order valence-corrected chi connectivity index (χ2v) is 6.98. The number of ether oxygens (including phenoxy) is 1. The lowest BCUT2D eigenvalue weighted by Crippen LogP contribution is -2.45. The van der Waals surface area contributed by atoms with Gasteiger partial charge in [0, 0.05) is 13.1 Å². The van der Waals surface area contributed by atoms with Gasteiger partial charge in [-0.05, 0) is 18.6 Å². The molecule has 1 aliphatic rings. The molecule has 0 saturated carbocycles. The van der Waals surface area contributed by atoms with Crippen LogP contribution in [0.15, 0.2) is 30.3 Å². The van der Waals surface area contributed by atoms with Crippen LogP contribution in [0.2, 0.25) is 0 Å². The molecule has 20 heavy (non-hydrogen) atoms. The number of sulfone groups is 1. The molecule has 0 radical (unpaired) electrons. The SMILES string of the molecule is CN(C(=O)NCOc1ccccc1)C1CCS(=O)(=O)C1. The highest BCUT2D eigenvalue weighted by Crippen LogP contribution is 2.16. The molecule has 1 aromatic rings. The fraction of sp³-hybridized carbons (Fsp3) is 0.462. The molecule has 0 aliphatic carbocycles. The number of urea groups is 1. The molecule has 0 aromatic heterocycles. The summed E-state index contributed by atoms with van der Waals surface area (Å²) in [6.45, 7) is 0.0483. The van der Waals surface area contributed by atoms with Gasteiger partial charge in [0.15, 0.2) is 16.6 Å². The fourth-order valence-corrected chi connectivity index (χ4v) is 3.84. The minimum Gasteiger partial charge on any atom is -0.473 e. The highest BCUT2D eigenvalue weighted by Gasteiger charge is 2.32. The number of benzene rings is 1. The molecule has 1 fully saturated rings. The highest BCUT2D eigenvalue weighted by atomic mass is 32.2. The first-order valence-corrected chi connectivity index (χ1v) is 8.19. The van der Waals surface area contributed by atoms with Gasteiger partial charge in [-0.3, -0.25) is 0 Å². The molecular weight excluding hydrogens is 280 g/mol. The number of para-hydroxylation sites is 1. The summed E-state index contributed by atoms with van der Waals surface area (Å²) in [7, 11) is -1.39. The van der Waals surface area contributed by atoms with Crippen LogP contribution in [0.25, 0.3) is 0 Å². The number of hydrogen-bond acceptors (Lipinski definition) is 4. The average molecular weight is 298 g/mol. The monoisotopic (exact) mass is 298 g/mol. The van der Waals surface area contributed by atoms with Gasteiger partial charge >= 0.3 is 6.03 Å². The van der Waals surface area contributed by atoms with Crippen LogP contribution in [-0.4, -0.2) is 50.7 Å². The van der Waals surface area contributed by atoms with E-state index in [2.05, 4.69) is 5.32 Å². The third-order valence-corrected chi connectivity index (χ3v) is 5.03. The van der Waals surface area contributed by atoms with Gasteiger partial charge in [0.2, 0.25) is 0 Å². The number of amides is 2. The van der Waals surface area contributed by atoms with Crippen molar-refractivity contribution >= 4 is 15.9 Å². The Hall–Kier alpha value is -1.76. The lowest BCUT2D eigenvalue weighted by molar-refractivity contribution is 0.182. The molecule has 1 aromatic carbocycles. The van der Waals surface area contributed by atoms with Crippen LogP contribution < -0.4 is 10.1 Å². The normalized spacial score (nSPS) is 20.4. The zero-order valence-electron chi connectivity index (χ0n) is 11.3. The minimum absolute atomic E-state index is 0.0382. The van der Waals surface area contributed by atoms with Gasteiger partial charge in [-0.15, -0.1) is 0 Å². The van der Waals surface area contributed by atoms with Crippen LogP contribution >= 0.6 is 0 Å². The molecule has 1 atom stereocenters. The van der Waals surface area contributed by atoms with Crippen molar-refractivity contribution in [1.82, 2.24) is 10.2 Å². The Labute approximate surface area is 118 Å². The van der Waals surface area contributed by atoms with E-state index in [1.54, 1.807) is 19.2 Å². The fourth-order valence-electron chi connectivity index (χ4n) is 2.07. The summed E-state index contributed by atoms with van der Waals surface area (Å²) in [5.74, 6) is 0.852. The van der Waals surface area contributed by atoms with Crippen molar-refractivity contribution in [1.29, 1.82) is 0 Å². The number of nitrogens with one attached hydrogen (secondary N) is 1. The molecular formula is C13H18N2O4S. The van der Waals surface area contributed by atoms with E-state index < -0.39 is 9.84 Å². The Kier molecular flexibility index (Phi) is 4.49. The number of rotatable bonds is 4. The summed E-state index contributed by atoms with van der Waals surface area (Å²) in [5.41, 5.74) is 0. The van der Waals surface area contributed by atoms with Crippen molar-refractivity contribution in [2.24, 2.45) is 0 Å². The maximum atomic E-state index is 11.9. The van der Waals surface area contributed by atoms with E-state index in [0.29, 0.717) is 12.2 Å². The molecule has 1 saturated heterocycles. The first-order chi connectivity index (χ1) is 9.48. The maximum absolute atomic E-state index is 11.9. The van der Waals surface area contributed by atoms with Gasteiger partial charge in [0.25, 0.3) is 0 Å². The van der Waals surface area contributed by atoms with Crippen molar-refractivity contribution in [2.75, 3.05) is 25.3 Å².